The molecule has 0 saturated carbocycles. The molecule has 0 spiro atoms. The number of fused-ring (bicyclic) bond motifs is 1. The van der Waals surface area contributed by atoms with Crippen molar-refractivity contribution in [1.82, 2.24) is 14.9 Å². The molecule has 2 aliphatic rings. The summed E-state index contributed by atoms with van der Waals surface area (Å²) in [5.41, 5.74) is 0.938. The first-order chi connectivity index (χ1) is 19.7. The van der Waals surface area contributed by atoms with Crippen molar-refractivity contribution in [2.45, 2.75) is 60.1 Å². The molecule has 1 saturated heterocycles. The van der Waals surface area contributed by atoms with E-state index in [1.807, 2.05) is 30.3 Å². The monoisotopic (exact) mass is 641 g/mol. The first-order valence-corrected chi connectivity index (χ1v) is 16.0. The summed E-state index contributed by atoms with van der Waals surface area (Å²) in [5, 5.41) is 24.5. The number of carboxylic acids is 2. The van der Waals surface area contributed by atoms with Crippen LogP contribution in [0.2, 0.25) is 5.02 Å². The summed E-state index contributed by atoms with van der Waals surface area (Å²) < 4.78 is 56.7. The van der Waals surface area contributed by atoms with Gasteiger partial charge in [-0.1, -0.05) is 41.9 Å². The standard InChI is InChI=1S/C25H28ClN5O9S2/c1-14(29-18(24(33)34)8-7-15-5-3-2-4-6-15)23(32)31-12-16(9-20(31)25(35)36)30-42(39,40)21-11-22-19(10-17(21)26)27-13-28-41(22,37)38/h2-6,10-11,13-14,16,18,20,29-30H,7-9,12H2,1H3,(H,27,28)(H,33,34)(H,35,36)/t14-,16-,18-,20-/m0/s1. The van der Waals surface area contributed by atoms with Crippen molar-refractivity contribution in [3.8, 4) is 0 Å². The predicted molar refractivity (Wildman–Crippen MR) is 151 cm³/mol. The fourth-order valence-corrected chi connectivity index (χ4v) is 7.66. The molecule has 0 radical (unpaired) electrons. The number of likely N-dealkylation sites (tertiary alicyclic amines) is 1. The summed E-state index contributed by atoms with van der Waals surface area (Å²) in [6, 6.07) is 6.44. The number of hydrogen-bond donors (Lipinski definition) is 5. The van der Waals surface area contributed by atoms with Gasteiger partial charge in [-0.15, -0.1) is 4.40 Å². The number of carbonyl (C=O) groups excluding carboxylic acids is 1. The van der Waals surface area contributed by atoms with Crippen molar-refractivity contribution in [2.24, 2.45) is 4.40 Å². The second-order valence-electron chi connectivity index (χ2n) is 9.83. The maximum absolute atomic E-state index is 13.3. The molecule has 2 aliphatic heterocycles. The minimum atomic E-state index is -4.49. The van der Waals surface area contributed by atoms with Gasteiger partial charge in [-0.05, 0) is 43.9 Å². The third-order valence-electron chi connectivity index (χ3n) is 6.89. The third kappa shape index (κ3) is 6.90. The lowest BCUT2D eigenvalue weighted by Gasteiger charge is -2.27. The maximum Gasteiger partial charge on any atom is 0.326 e. The Labute approximate surface area is 246 Å². The molecule has 1 fully saturated rings. The largest absolute Gasteiger partial charge is 0.480 e. The highest BCUT2D eigenvalue weighted by Crippen LogP contribution is 2.34. The van der Waals surface area contributed by atoms with Crippen molar-refractivity contribution in [3.05, 3.63) is 53.1 Å². The summed E-state index contributed by atoms with van der Waals surface area (Å²) in [7, 11) is -8.67. The lowest BCUT2D eigenvalue weighted by Crippen LogP contribution is -2.53. The highest BCUT2D eigenvalue weighted by atomic mass is 35.5. The molecular formula is C25H28ClN5O9S2. The molecule has 0 unspecified atom stereocenters. The average molecular weight is 642 g/mol. The summed E-state index contributed by atoms with van der Waals surface area (Å²) in [6.07, 6.45) is 1.22. The number of aliphatic carboxylic acids is 2. The van der Waals surface area contributed by atoms with Crippen LogP contribution in [0.3, 0.4) is 0 Å². The lowest BCUT2D eigenvalue weighted by molar-refractivity contribution is -0.149. The van der Waals surface area contributed by atoms with Crippen LogP contribution in [0.15, 0.2) is 56.7 Å². The number of halogens is 1. The van der Waals surface area contributed by atoms with Gasteiger partial charge >= 0.3 is 11.9 Å². The number of benzene rings is 2. The number of carboxylic acid groups (broad SMARTS) is 2. The Kier molecular flexibility index (Phi) is 9.22. The van der Waals surface area contributed by atoms with Gasteiger partial charge in [0.05, 0.1) is 16.8 Å². The van der Waals surface area contributed by atoms with Crippen LogP contribution in [0.1, 0.15) is 25.3 Å². The van der Waals surface area contributed by atoms with E-state index in [0.29, 0.717) is 6.42 Å². The summed E-state index contributed by atoms with van der Waals surface area (Å²) in [5.74, 6) is -3.29. The fourth-order valence-electron chi connectivity index (χ4n) is 4.83. The highest BCUT2D eigenvalue weighted by molar-refractivity contribution is 7.91. The van der Waals surface area contributed by atoms with Crippen LogP contribution in [-0.4, -0.2) is 86.8 Å². The van der Waals surface area contributed by atoms with E-state index >= 15 is 0 Å². The maximum atomic E-state index is 13.3. The van der Waals surface area contributed by atoms with E-state index in [1.165, 1.54) is 6.92 Å². The quantitative estimate of drug-likeness (QED) is 0.232. The van der Waals surface area contributed by atoms with Crippen LogP contribution in [0.25, 0.3) is 0 Å². The lowest BCUT2D eigenvalue weighted by atomic mass is 10.0. The number of nitrogens with one attached hydrogen (secondary N) is 3. The van der Waals surface area contributed by atoms with Crippen molar-refractivity contribution in [3.63, 3.8) is 0 Å². The second-order valence-corrected chi connectivity index (χ2v) is 13.5. The molecule has 2 aromatic rings. The fraction of sp³-hybridized carbons (Fsp3) is 0.360. The van der Waals surface area contributed by atoms with Crippen molar-refractivity contribution < 1.29 is 41.4 Å². The van der Waals surface area contributed by atoms with Crippen LogP contribution in [-0.2, 0) is 40.9 Å². The smallest absolute Gasteiger partial charge is 0.326 e. The number of hydrogen-bond acceptors (Lipinski definition) is 9. The highest BCUT2D eigenvalue weighted by Gasteiger charge is 2.43. The summed E-state index contributed by atoms with van der Waals surface area (Å²) in [6.45, 7) is 1.07. The predicted octanol–water partition coefficient (Wildman–Crippen LogP) is 0.879. The van der Waals surface area contributed by atoms with Gasteiger partial charge in [0.1, 0.15) is 28.2 Å². The van der Waals surface area contributed by atoms with Crippen LogP contribution in [0.5, 0.6) is 0 Å². The Morgan fingerprint density at radius 3 is 2.52 bits per heavy atom. The summed E-state index contributed by atoms with van der Waals surface area (Å²) >= 11 is 6.15. The number of rotatable bonds is 11. The number of aryl methyl sites for hydroxylation is 1. The van der Waals surface area contributed by atoms with E-state index < -0.39 is 71.9 Å². The third-order valence-corrected chi connectivity index (χ3v) is 10.2. The molecule has 226 valence electrons. The van der Waals surface area contributed by atoms with Gasteiger partial charge in [0.2, 0.25) is 15.9 Å². The van der Waals surface area contributed by atoms with Crippen LogP contribution in [0.4, 0.5) is 5.69 Å². The molecule has 5 N–H and O–H groups in total. The summed E-state index contributed by atoms with van der Waals surface area (Å²) in [4.78, 5) is 37.1. The van der Waals surface area contributed by atoms with Crippen molar-refractivity contribution in [2.75, 3.05) is 11.9 Å². The SMILES string of the molecule is C[C@H](N[C@@H](CCc1ccccc1)C(=O)O)C(=O)N1C[C@@H](NS(=O)(=O)c2cc3c(cc2Cl)NC=NS3(=O)=O)C[C@H]1C(=O)O. The zero-order chi connectivity index (χ0) is 30.8. The van der Waals surface area contributed by atoms with Gasteiger partial charge in [-0.25, -0.2) is 17.9 Å². The van der Waals surface area contributed by atoms with Crippen molar-refractivity contribution >= 4 is 61.5 Å². The molecule has 0 bridgehead atoms. The number of nitrogens with zero attached hydrogens (tertiary/aromatic N) is 2. The molecule has 2 heterocycles. The number of sulfonamides is 2. The van der Waals surface area contributed by atoms with E-state index in [1.54, 1.807) is 0 Å². The average Bonchev–Trinajstić information content (AvgIpc) is 3.33. The zero-order valence-electron chi connectivity index (χ0n) is 22.1. The first kappa shape index (κ1) is 31.4. The van der Waals surface area contributed by atoms with Crippen LogP contribution >= 0.6 is 11.6 Å². The molecule has 0 aliphatic carbocycles. The van der Waals surface area contributed by atoms with Gasteiger partial charge < -0.3 is 20.4 Å². The van der Waals surface area contributed by atoms with Crippen molar-refractivity contribution in [1.29, 1.82) is 0 Å². The molecule has 0 aromatic heterocycles. The van der Waals surface area contributed by atoms with Gasteiger partial charge in [0.25, 0.3) is 10.0 Å². The van der Waals surface area contributed by atoms with E-state index in [0.717, 1.165) is 28.9 Å². The molecule has 4 atom stereocenters. The molecule has 42 heavy (non-hydrogen) atoms. The molecule has 2 aromatic carbocycles. The molecule has 1 amide bonds. The molecule has 14 nitrogen and oxygen atoms in total. The minimum absolute atomic E-state index is 0.0300. The van der Waals surface area contributed by atoms with Gasteiger partial charge in [0, 0.05) is 12.6 Å². The van der Waals surface area contributed by atoms with Gasteiger partial charge in [-0.2, -0.15) is 8.42 Å². The zero-order valence-corrected chi connectivity index (χ0v) is 24.5. The van der Waals surface area contributed by atoms with E-state index in [2.05, 4.69) is 19.8 Å². The Balaban J connectivity index is 1.48. The minimum Gasteiger partial charge on any atom is -0.480 e. The first-order valence-electron chi connectivity index (χ1n) is 12.7. The Hall–Kier alpha value is -3.57. The Morgan fingerprint density at radius 2 is 1.88 bits per heavy atom. The van der Waals surface area contributed by atoms with E-state index in [-0.39, 0.29) is 30.1 Å². The molecule has 17 heteroatoms. The normalized spacial score (nSPS) is 20.8. The Bertz CT molecular complexity index is 1630. The van der Waals surface area contributed by atoms with E-state index in [9.17, 15) is 41.4 Å². The van der Waals surface area contributed by atoms with Crippen LogP contribution in [0, 0.1) is 0 Å². The second kappa shape index (κ2) is 12.3. The molecule has 4 rings (SSSR count). The Morgan fingerprint density at radius 1 is 1.19 bits per heavy atom. The molecular weight excluding hydrogens is 614 g/mol. The van der Waals surface area contributed by atoms with Crippen LogP contribution < -0.4 is 15.4 Å². The number of anilines is 1. The van der Waals surface area contributed by atoms with Gasteiger partial charge in [-0.3, -0.25) is 14.9 Å². The topological polar surface area (TPSA) is 212 Å². The number of amides is 1. The van der Waals surface area contributed by atoms with E-state index in [4.69, 9.17) is 11.6 Å². The number of carbonyl (C=O) groups is 3. The van der Waals surface area contributed by atoms with Gasteiger partial charge in [0.15, 0.2) is 0 Å².